The molecular weight excluding hydrogens is 357 g/mol. The molecule has 1 unspecified atom stereocenters. The molecule has 1 aromatic carbocycles. The zero-order valence-corrected chi connectivity index (χ0v) is 15.0. The fraction of sp³-hybridized carbons (Fsp3) is 0.400. The van der Waals surface area contributed by atoms with Gasteiger partial charge in [0, 0.05) is 30.9 Å². The second-order valence-electron chi connectivity index (χ2n) is 6.68. The lowest BCUT2D eigenvalue weighted by Crippen LogP contribution is -2.39. The highest BCUT2D eigenvalue weighted by atomic mass is 19.4. The zero-order chi connectivity index (χ0) is 19.4. The van der Waals surface area contributed by atoms with E-state index in [9.17, 15) is 18.0 Å². The van der Waals surface area contributed by atoms with Crippen molar-refractivity contribution in [1.29, 1.82) is 0 Å². The molecule has 2 aromatic rings. The number of rotatable bonds is 4. The van der Waals surface area contributed by atoms with E-state index < -0.39 is 11.7 Å². The smallest absolute Gasteiger partial charge is 0.417 e. The predicted molar refractivity (Wildman–Crippen MR) is 94.7 cm³/mol. The number of halogens is 3. The van der Waals surface area contributed by atoms with Gasteiger partial charge in [0.1, 0.15) is 5.75 Å². The number of likely N-dealkylation sites (tertiary alicyclic amines) is 1. The molecule has 144 valence electrons. The minimum atomic E-state index is -4.43. The van der Waals surface area contributed by atoms with Crippen LogP contribution in [0.5, 0.6) is 11.6 Å². The second-order valence-corrected chi connectivity index (χ2v) is 6.68. The summed E-state index contributed by atoms with van der Waals surface area (Å²) in [6, 6.07) is 8.65. The first-order valence-corrected chi connectivity index (χ1v) is 8.97. The molecule has 1 aliphatic rings. The molecule has 1 atom stereocenters. The second kappa shape index (κ2) is 7.98. The number of hydrogen-bond acceptors (Lipinski definition) is 3. The van der Waals surface area contributed by atoms with E-state index in [0.717, 1.165) is 44.6 Å². The molecule has 1 amide bonds. The van der Waals surface area contributed by atoms with Crippen LogP contribution in [-0.4, -0.2) is 28.9 Å². The van der Waals surface area contributed by atoms with Crippen LogP contribution in [-0.2, 0) is 6.18 Å². The van der Waals surface area contributed by atoms with E-state index in [1.165, 1.54) is 6.07 Å². The van der Waals surface area contributed by atoms with Gasteiger partial charge in [-0.25, -0.2) is 4.98 Å². The van der Waals surface area contributed by atoms with Crippen LogP contribution in [0.4, 0.5) is 13.2 Å². The molecule has 4 nitrogen and oxygen atoms in total. The van der Waals surface area contributed by atoms with Crippen molar-refractivity contribution in [3.8, 4) is 11.6 Å². The maximum atomic E-state index is 12.6. The van der Waals surface area contributed by atoms with Crippen LogP contribution in [0.15, 0.2) is 42.6 Å². The molecule has 1 aliphatic heterocycles. The molecule has 1 aromatic heterocycles. The number of amides is 1. The number of carbonyl (C=O) groups is 1. The lowest BCUT2D eigenvalue weighted by molar-refractivity contribution is -0.137. The Morgan fingerprint density at radius 1 is 1.22 bits per heavy atom. The third-order valence-electron chi connectivity index (χ3n) is 4.77. The molecule has 27 heavy (non-hydrogen) atoms. The predicted octanol–water partition coefficient (Wildman–Crippen LogP) is 5.15. The van der Waals surface area contributed by atoms with Crippen LogP contribution in [0.3, 0.4) is 0 Å². The van der Waals surface area contributed by atoms with Crippen molar-refractivity contribution in [2.75, 3.05) is 13.1 Å². The number of pyridine rings is 1. The number of hydrogen-bond donors (Lipinski definition) is 0. The van der Waals surface area contributed by atoms with Crippen molar-refractivity contribution >= 4 is 5.91 Å². The summed E-state index contributed by atoms with van der Waals surface area (Å²) in [6.07, 6.45) is -0.457. The third kappa shape index (κ3) is 4.78. The summed E-state index contributed by atoms with van der Waals surface area (Å²) in [5.74, 6) is 1.01. The highest BCUT2D eigenvalue weighted by Gasteiger charge is 2.30. The summed E-state index contributed by atoms with van der Waals surface area (Å²) >= 11 is 0. The lowest BCUT2D eigenvalue weighted by Gasteiger charge is -2.32. The molecule has 1 saturated heterocycles. The Balaban J connectivity index is 1.64. The van der Waals surface area contributed by atoms with Crippen molar-refractivity contribution < 1.29 is 22.7 Å². The van der Waals surface area contributed by atoms with Gasteiger partial charge in [-0.05, 0) is 49.1 Å². The van der Waals surface area contributed by atoms with Crippen molar-refractivity contribution in [1.82, 2.24) is 9.88 Å². The molecule has 7 heteroatoms. The SMILES string of the molecule is CCC1CCCN(C(=O)c2ccc(Oc3ccc(C(F)(F)F)cn3)cc2)C1. The van der Waals surface area contributed by atoms with Crippen molar-refractivity contribution in [3.63, 3.8) is 0 Å². The molecule has 0 spiro atoms. The van der Waals surface area contributed by atoms with Gasteiger partial charge in [0.25, 0.3) is 5.91 Å². The highest BCUT2D eigenvalue weighted by Crippen LogP contribution is 2.30. The van der Waals surface area contributed by atoms with Crippen LogP contribution in [0, 0.1) is 5.92 Å². The third-order valence-corrected chi connectivity index (χ3v) is 4.77. The highest BCUT2D eigenvalue weighted by molar-refractivity contribution is 5.94. The van der Waals surface area contributed by atoms with Crippen LogP contribution >= 0.6 is 0 Å². The minimum absolute atomic E-state index is 0.00708. The zero-order valence-electron chi connectivity index (χ0n) is 15.0. The van der Waals surface area contributed by atoms with Crippen LogP contribution in [0.1, 0.15) is 42.1 Å². The van der Waals surface area contributed by atoms with E-state index in [1.54, 1.807) is 24.3 Å². The first-order chi connectivity index (χ1) is 12.9. The van der Waals surface area contributed by atoms with Crippen molar-refractivity contribution in [3.05, 3.63) is 53.7 Å². The normalized spacial score (nSPS) is 17.6. The summed E-state index contributed by atoms with van der Waals surface area (Å²) in [5, 5.41) is 0. The average molecular weight is 378 g/mol. The Kier molecular flexibility index (Phi) is 5.68. The molecule has 2 heterocycles. The van der Waals surface area contributed by atoms with E-state index in [0.29, 0.717) is 17.2 Å². The van der Waals surface area contributed by atoms with Gasteiger partial charge >= 0.3 is 6.18 Å². The van der Waals surface area contributed by atoms with Crippen molar-refractivity contribution in [2.45, 2.75) is 32.4 Å². The van der Waals surface area contributed by atoms with Gasteiger partial charge in [-0.15, -0.1) is 0 Å². The van der Waals surface area contributed by atoms with Crippen LogP contribution in [0.2, 0.25) is 0 Å². The number of carbonyl (C=O) groups excluding carboxylic acids is 1. The van der Waals surface area contributed by atoms with Crippen LogP contribution in [0.25, 0.3) is 0 Å². The summed E-state index contributed by atoms with van der Waals surface area (Å²) in [4.78, 5) is 18.2. The first kappa shape index (κ1) is 19.2. The molecule has 3 rings (SSSR count). The van der Waals surface area contributed by atoms with Gasteiger partial charge in [-0.1, -0.05) is 13.3 Å². The summed E-state index contributed by atoms with van der Waals surface area (Å²) in [7, 11) is 0. The number of aromatic nitrogens is 1. The summed E-state index contributed by atoms with van der Waals surface area (Å²) in [6.45, 7) is 3.69. The standard InChI is InChI=1S/C20H21F3N2O2/c1-2-14-4-3-11-25(13-14)19(26)15-5-8-17(9-6-15)27-18-10-7-16(12-24-18)20(21,22)23/h5-10,12,14H,2-4,11,13H2,1H3. The van der Waals surface area contributed by atoms with E-state index in [4.69, 9.17) is 4.74 Å². The van der Waals surface area contributed by atoms with Gasteiger partial charge in [0.2, 0.25) is 5.88 Å². The summed E-state index contributed by atoms with van der Waals surface area (Å²) < 4.78 is 43.1. The number of piperidine rings is 1. The molecule has 0 radical (unpaired) electrons. The fourth-order valence-electron chi connectivity index (χ4n) is 3.16. The quantitative estimate of drug-likeness (QED) is 0.738. The van der Waals surface area contributed by atoms with Gasteiger partial charge < -0.3 is 9.64 Å². The topological polar surface area (TPSA) is 42.4 Å². The van der Waals surface area contributed by atoms with E-state index >= 15 is 0 Å². The summed E-state index contributed by atoms with van der Waals surface area (Å²) in [5.41, 5.74) is -0.262. The Labute approximate surface area is 156 Å². The lowest BCUT2D eigenvalue weighted by atomic mass is 9.95. The van der Waals surface area contributed by atoms with E-state index in [-0.39, 0.29) is 11.8 Å². The Bertz CT molecular complexity index is 773. The molecular formula is C20H21F3N2O2. The Morgan fingerprint density at radius 3 is 2.56 bits per heavy atom. The largest absolute Gasteiger partial charge is 0.439 e. The number of nitrogens with zero attached hydrogens (tertiary/aromatic N) is 2. The number of ether oxygens (including phenoxy) is 1. The van der Waals surface area contributed by atoms with Gasteiger partial charge in [-0.3, -0.25) is 4.79 Å². The van der Waals surface area contributed by atoms with Crippen molar-refractivity contribution in [2.24, 2.45) is 5.92 Å². The monoisotopic (exact) mass is 378 g/mol. The van der Waals surface area contributed by atoms with Crippen LogP contribution < -0.4 is 4.74 Å². The van der Waals surface area contributed by atoms with Gasteiger partial charge in [-0.2, -0.15) is 13.2 Å². The molecule has 0 N–H and O–H groups in total. The van der Waals surface area contributed by atoms with E-state index in [1.807, 2.05) is 4.90 Å². The minimum Gasteiger partial charge on any atom is -0.439 e. The molecule has 0 bridgehead atoms. The Morgan fingerprint density at radius 2 is 1.96 bits per heavy atom. The average Bonchev–Trinajstić information content (AvgIpc) is 2.68. The Hall–Kier alpha value is -2.57. The fourth-order valence-corrected chi connectivity index (χ4v) is 3.16. The maximum absolute atomic E-state index is 12.6. The van der Waals surface area contributed by atoms with Gasteiger partial charge in [0.05, 0.1) is 5.56 Å². The maximum Gasteiger partial charge on any atom is 0.417 e. The first-order valence-electron chi connectivity index (χ1n) is 8.97. The van der Waals surface area contributed by atoms with Gasteiger partial charge in [0.15, 0.2) is 0 Å². The molecule has 1 fully saturated rings. The number of alkyl halides is 3. The molecule has 0 saturated carbocycles. The number of benzene rings is 1. The van der Waals surface area contributed by atoms with E-state index in [2.05, 4.69) is 11.9 Å². The molecule has 0 aliphatic carbocycles.